The Morgan fingerprint density at radius 2 is 1.86 bits per heavy atom. The third-order valence-corrected chi connectivity index (χ3v) is 3.01. The van der Waals surface area contributed by atoms with Gasteiger partial charge in [-0.1, -0.05) is 20.8 Å². The van der Waals surface area contributed by atoms with E-state index in [0.717, 1.165) is 24.4 Å². The summed E-state index contributed by atoms with van der Waals surface area (Å²) in [6.07, 6.45) is 1.39. The number of carbonyl (C=O) groups is 1. The number of hydrogen-bond acceptors (Lipinski definition) is 4. The summed E-state index contributed by atoms with van der Waals surface area (Å²) in [5.74, 6) is 1.28. The lowest BCUT2D eigenvalue weighted by atomic mass is 10.1. The Labute approximate surface area is 127 Å². The van der Waals surface area contributed by atoms with Crippen molar-refractivity contribution in [3.05, 3.63) is 24.3 Å². The normalized spacial score (nSPS) is 12.0. The fourth-order valence-electron chi connectivity index (χ4n) is 1.74. The molecular weight excluding hydrogens is 266 g/mol. The van der Waals surface area contributed by atoms with Crippen LogP contribution in [-0.4, -0.2) is 25.2 Å². The first-order valence-electron chi connectivity index (χ1n) is 7.67. The van der Waals surface area contributed by atoms with E-state index in [9.17, 15) is 4.79 Å². The summed E-state index contributed by atoms with van der Waals surface area (Å²) in [5, 5.41) is 3.38. The number of nitrogens with one attached hydrogen (secondary N) is 1. The Balaban J connectivity index is 2.34. The van der Waals surface area contributed by atoms with E-state index in [-0.39, 0.29) is 18.7 Å². The SMILES string of the molecule is CCC(=O)OCC(C)Oc1ccc(NCCC(C)C)cc1. The third kappa shape index (κ3) is 7.59. The minimum absolute atomic E-state index is 0.153. The van der Waals surface area contributed by atoms with Crippen molar-refractivity contribution in [1.82, 2.24) is 0 Å². The quantitative estimate of drug-likeness (QED) is 0.702. The maximum absolute atomic E-state index is 11.1. The Morgan fingerprint density at radius 1 is 1.19 bits per heavy atom. The third-order valence-electron chi connectivity index (χ3n) is 3.01. The average Bonchev–Trinajstić information content (AvgIpc) is 2.46. The second kappa shape index (κ2) is 9.27. The highest BCUT2D eigenvalue weighted by molar-refractivity contribution is 5.68. The second-order valence-corrected chi connectivity index (χ2v) is 5.60. The Morgan fingerprint density at radius 3 is 2.43 bits per heavy atom. The molecule has 0 spiro atoms. The molecule has 0 aliphatic carbocycles. The van der Waals surface area contributed by atoms with Gasteiger partial charge in [0.05, 0.1) is 0 Å². The Hall–Kier alpha value is -1.71. The molecule has 1 aromatic carbocycles. The summed E-state index contributed by atoms with van der Waals surface area (Å²) in [4.78, 5) is 11.1. The molecule has 1 N–H and O–H groups in total. The van der Waals surface area contributed by atoms with Gasteiger partial charge in [-0.25, -0.2) is 0 Å². The van der Waals surface area contributed by atoms with Crippen LogP contribution in [0.3, 0.4) is 0 Å². The lowest BCUT2D eigenvalue weighted by molar-refractivity contribution is -0.145. The van der Waals surface area contributed by atoms with Crippen molar-refractivity contribution in [3.63, 3.8) is 0 Å². The van der Waals surface area contributed by atoms with E-state index in [1.807, 2.05) is 31.2 Å². The molecule has 0 aliphatic rings. The molecule has 1 atom stereocenters. The van der Waals surface area contributed by atoms with Gasteiger partial charge in [-0.15, -0.1) is 0 Å². The predicted molar refractivity (Wildman–Crippen MR) is 85.7 cm³/mol. The predicted octanol–water partition coefficient (Wildman–Crippen LogP) is 3.87. The van der Waals surface area contributed by atoms with E-state index in [2.05, 4.69) is 19.2 Å². The smallest absolute Gasteiger partial charge is 0.305 e. The average molecular weight is 293 g/mol. The molecule has 0 radical (unpaired) electrons. The molecule has 4 nitrogen and oxygen atoms in total. The van der Waals surface area contributed by atoms with Gasteiger partial charge in [0.1, 0.15) is 18.5 Å². The zero-order valence-corrected chi connectivity index (χ0v) is 13.5. The van der Waals surface area contributed by atoms with Gasteiger partial charge in [0.25, 0.3) is 0 Å². The van der Waals surface area contributed by atoms with Gasteiger partial charge in [-0.05, 0) is 43.5 Å². The first kappa shape index (κ1) is 17.3. The van der Waals surface area contributed by atoms with Crippen LogP contribution in [0.2, 0.25) is 0 Å². The van der Waals surface area contributed by atoms with Crippen LogP contribution in [0.5, 0.6) is 5.75 Å². The van der Waals surface area contributed by atoms with Crippen molar-refractivity contribution in [1.29, 1.82) is 0 Å². The number of benzene rings is 1. The molecule has 0 heterocycles. The largest absolute Gasteiger partial charge is 0.487 e. The molecule has 0 amide bonds. The fraction of sp³-hybridized carbons (Fsp3) is 0.588. The van der Waals surface area contributed by atoms with E-state index in [1.54, 1.807) is 6.92 Å². The van der Waals surface area contributed by atoms with Gasteiger partial charge in [-0.2, -0.15) is 0 Å². The standard InChI is InChI=1S/C17H27NO3/c1-5-17(19)20-12-14(4)21-16-8-6-15(7-9-16)18-11-10-13(2)3/h6-9,13-14,18H,5,10-12H2,1-4H3. The molecule has 0 aromatic heterocycles. The van der Waals surface area contributed by atoms with E-state index < -0.39 is 0 Å². The van der Waals surface area contributed by atoms with E-state index in [1.165, 1.54) is 0 Å². The molecule has 0 aliphatic heterocycles. The minimum atomic E-state index is -0.199. The monoisotopic (exact) mass is 293 g/mol. The minimum Gasteiger partial charge on any atom is -0.487 e. The van der Waals surface area contributed by atoms with Crippen molar-refractivity contribution in [2.75, 3.05) is 18.5 Å². The molecule has 0 saturated heterocycles. The van der Waals surface area contributed by atoms with Crippen LogP contribution in [0.25, 0.3) is 0 Å². The number of carbonyl (C=O) groups excluding carboxylic acids is 1. The van der Waals surface area contributed by atoms with Crippen LogP contribution in [-0.2, 0) is 9.53 Å². The molecule has 1 unspecified atom stereocenters. The molecule has 0 fully saturated rings. The Bertz CT molecular complexity index is 415. The zero-order valence-electron chi connectivity index (χ0n) is 13.5. The lowest BCUT2D eigenvalue weighted by Gasteiger charge is -2.15. The van der Waals surface area contributed by atoms with Crippen molar-refractivity contribution in [2.45, 2.75) is 46.6 Å². The maximum Gasteiger partial charge on any atom is 0.305 e. The van der Waals surface area contributed by atoms with Crippen molar-refractivity contribution < 1.29 is 14.3 Å². The molecular formula is C17H27NO3. The summed E-state index contributed by atoms with van der Waals surface area (Å²) in [7, 11) is 0. The number of anilines is 1. The second-order valence-electron chi connectivity index (χ2n) is 5.60. The molecule has 1 aromatic rings. The number of esters is 1. The topological polar surface area (TPSA) is 47.6 Å². The first-order chi connectivity index (χ1) is 10.0. The first-order valence-corrected chi connectivity index (χ1v) is 7.67. The molecule has 1 rings (SSSR count). The van der Waals surface area contributed by atoms with Gasteiger partial charge in [0.2, 0.25) is 0 Å². The van der Waals surface area contributed by atoms with E-state index >= 15 is 0 Å². The van der Waals surface area contributed by atoms with Gasteiger partial charge in [-0.3, -0.25) is 4.79 Å². The van der Waals surface area contributed by atoms with Crippen molar-refractivity contribution in [3.8, 4) is 5.75 Å². The summed E-state index contributed by atoms with van der Waals surface area (Å²) in [5.41, 5.74) is 1.09. The fourth-order valence-corrected chi connectivity index (χ4v) is 1.74. The van der Waals surface area contributed by atoms with E-state index in [4.69, 9.17) is 9.47 Å². The van der Waals surface area contributed by atoms with Crippen LogP contribution in [0.1, 0.15) is 40.5 Å². The molecule has 118 valence electrons. The number of rotatable bonds is 9. The molecule has 0 saturated carbocycles. The van der Waals surface area contributed by atoms with Gasteiger partial charge in [0.15, 0.2) is 0 Å². The summed E-state index contributed by atoms with van der Waals surface area (Å²) < 4.78 is 10.8. The van der Waals surface area contributed by atoms with Gasteiger partial charge >= 0.3 is 5.97 Å². The van der Waals surface area contributed by atoms with E-state index in [0.29, 0.717) is 12.3 Å². The molecule has 4 heteroatoms. The number of ether oxygens (including phenoxy) is 2. The molecule has 21 heavy (non-hydrogen) atoms. The van der Waals surface area contributed by atoms with Crippen LogP contribution in [0.4, 0.5) is 5.69 Å². The van der Waals surface area contributed by atoms with Crippen LogP contribution in [0, 0.1) is 5.92 Å². The highest BCUT2D eigenvalue weighted by Crippen LogP contribution is 2.17. The maximum atomic E-state index is 11.1. The van der Waals surface area contributed by atoms with Crippen LogP contribution < -0.4 is 10.1 Å². The van der Waals surface area contributed by atoms with Crippen molar-refractivity contribution in [2.24, 2.45) is 5.92 Å². The van der Waals surface area contributed by atoms with Crippen molar-refractivity contribution >= 4 is 11.7 Å². The number of hydrogen-bond donors (Lipinski definition) is 1. The highest BCUT2D eigenvalue weighted by Gasteiger charge is 2.07. The molecule has 0 bridgehead atoms. The zero-order chi connectivity index (χ0) is 15.7. The van der Waals surface area contributed by atoms with Crippen LogP contribution in [0.15, 0.2) is 24.3 Å². The summed E-state index contributed by atoms with van der Waals surface area (Å²) in [6, 6.07) is 7.85. The van der Waals surface area contributed by atoms with Gasteiger partial charge in [0, 0.05) is 18.7 Å². The lowest BCUT2D eigenvalue weighted by Crippen LogP contribution is -2.21. The summed E-state index contributed by atoms with van der Waals surface area (Å²) in [6.45, 7) is 9.34. The summed E-state index contributed by atoms with van der Waals surface area (Å²) >= 11 is 0. The highest BCUT2D eigenvalue weighted by atomic mass is 16.6. The Kier molecular flexibility index (Phi) is 7.65. The van der Waals surface area contributed by atoms with Crippen LogP contribution >= 0.6 is 0 Å². The van der Waals surface area contributed by atoms with Gasteiger partial charge < -0.3 is 14.8 Å².